The second kappa shape index (κ2) is 6.47. The number of nitrogens with zero attached hydrogens (tertiary/aromatic N) is 2. The quantitative estimate of drug-likeness (QED) is 0.852. The lowest BCUT2D eigenvalue weighted by atomic mass is 10.1. The summed E-state index contributed by atoms with van der Waals surface area (Å²) in [6, 6.07) is 0.985. The molecule has 104 valence electrons. The molecule has 0 atom stereocenters. The van der Waals surface area contributed by atoms with Crippen LogP contribution in [0.25, 0.3) is 0 Å². The second-order valence-corrected chi connectivity index (χ2v) is 4.68. The number of carbonyl (C=O) groups is 1. The van der Waals surface area contributed by atoms with Crippen molar-refractivity contribution in [1.29, 1.82) is 0 Å². The number of carboxylic acid groups (broad SMARTS) is 1. The summed E-state index contributed by atoms with van der Waals surface area (Å²) < 4.78 is 13.0. The molecule has 2 heterocycles. The van der Waals surface area contributed by atoms with Gasteiger partial charge >= 0.3 is 5.97 Å². The summed E-state index contributed by atoms with van der Waals surface area (Å²) >= 11 is 0. The highest BCUT2D eigenvalue weighted by Gasteiger charge is 2.13. The van der Waals surface area contributed by atoms with Crippen LogP contribution in [0.4, 0.5) is 10.2 Å². The number of pyridine rings is 1. The normalized spacial score (nSPS) is 16.3. The maximum absolute atomic E-state index is 13.0. The molecule has 2 N–H and O–H groups in total. The van der Waals surface area contributed by atoms with Crippen molar-refractivity contribution in [3.63, 3.8) is 0 Å². The maximum Gasteiger partial charge on any atom is 0.339 e. The van der Waals surface area contributed by atoms with Gasteiger partial charge < -0.3 is 15.3 Å². The summed E-state index contributed by atoms with van der Waals surface area (Å²) in [5.74, 6) is -1.59. The number of nitrogens with one attached hydrogen (secondary N) is 1. The Morgan fingerprint density at radius 1 is 1.42 bits per heavy atom. The monoisotopic (exact) mass is 267 g/mol. The maximum atomic E-state index is 13.0. The molecule has 1 saturated heterocycles. The molecule has 1 aromatic rings. The zero-order valence-corrected chi connectivity index (χ0v) is 10.7. The first-order chi connectivity index (χ1) is 9.16. The van der Waals surface area contributed by atoms with E-state index in [4.69, 9.17) is 5.11 Å². The third-order valence-electron chi connectivity index (χ3n) is 3.25. The Labute approximate surface area is 111 Å². The minimum absolute atomic E-state index is 0.126. The number of aromatic nitrogens is 1. The third-order valence-corrected chi connectivity index (χ3v) is 3.25. The number of rotatable bonds is 5. The van der Waals surface area contributed by atoms with Crippen LogP contribution in [0.5, 0.6) is 0 Å². The van der Waals surface area contributed by atoms with Crippen molar-refractivity contribution >= 4 is 11.8 Å². The highest BCUT2D eigenvalue weighted by molar-refractivity contribution is 5.93. The number of hydrogen-bond acceptors (Lipinski definition) is 4. The van der Waals surface area contributed by atoms with E-state index in [-0.39, 0.29) is 11.4 Å². The highest BCUT2D eigenvalue weighted by Crippen LogP contribution is 2.14. The van der Waals surface area contributed by atoms with Gasteiger partial charge in [0.05, 0.1) is 6.20 Å². The van der Waals surface area contributed by atoms with E-state index in [2.05, 4.69) is 15.2 Å². The fraction of sp³-hybridized carbons (Fsp3) is 0.538. The van der Waals surface area contributed by atoms with Gasteiger partial charge in [0, 0.05) is 13.1 Å². The van der Waals surface area contributed by atoms with E-state index in [1.807, 2.05) is 0 Å². The fourth-order valence-corrected chi connectivity index (χ4v) is 2.26. The van der Waals surface area contributed by atoms with Gasteiger partial charge in [-0.05, 0) is 32.0 Å². The van der Waals surface area contributed by atoms with Crippen molar-refractivity contribution in [1.82, 2.24) is 9.88 Å². The van der Waals surface area contributed by atoms with Gasteiger partial charge in [0.25, 0.3) is 0 Å². The predicted octanol–water partition coefficient (Wildman–Crippen LogP) is 1.82. The fourth-order valence-electron chi connectivity index (χ4n) is 2.26. The van der Waals surface area contributed by atoms with Crippen LogP contribution in [0.2, 0.25) is 0 Å². The minimum atomic E-state index is -1.17. The van der Waals surface area contributed by atoms with Gasteiger partial charge in [-0.3, -0.25) is 0 Å². The van der Waals surface area contributed by atoms with E-state index in [1.54, 1.807) is 0 Å². The van der Waals surface area contributed by atoms with Crippen LogP contribution in [0.1, 0.15) is 29.6 Å². The zero-order chi connectivity index (χ0) is 13.7. The lowest BCUT2D eigenvalue weighted by Crippen LogP contribution is -2.34. The van der Waals surface area contributed by atoms with Crippen LogP contribution in [-0.4, -0.2) is 47.1 Å². The van der Waals surface area contributed by atoms with Crippen LogP contribution in [0, 0.1) is 5.82 Å². The number of likely N-dealkylation sites (tertiary alicyclic amines) is 1. The first kappa shape index (κ1) is 13.7. The van der Waals surface area contributed by atoms with Crippen LogP contribution < -0.4 is 5.32 Å². The highest BCUT2D eigenvalue weighted by atomic mass is 19.1. The average Bonchev–Trinajstić information content (AvgIpc) is 2.41. The molecule has 0 aromatic carbocycles. The van der Waals surface area contributed by atoms with Crippen LogP contribution in [-0.2, 0) is 0 Å². The molecule has 1 aliphatic rings. The Bertz CT molecular complexity index is 448. The molecule has 1 fully saturated rings. The molecule has 0 bridgehead atoms. The standard InChI is InChI=1S/C13H18FN3O2/c14-10-8-11(13(18)19)12(16-9-10)15-4-7-17-5-2-1-3-6-17/h8-9H,1-7H2,(H,15,16)(H,18,19). The number of hydrogen-bond donors (Lipinski definition) is 2. The summed E-state index contributed by atoms with van der Waals surface area (Å²) in [7, 11) is 0. The van der Waals surface area contributed by atoms with E-state index < -0.39 is 11.8 Å². The smallest absolute Gasteiger partial charge is 0.339 e. The lowest BCUT2D eigenvalue weighted by Gasteiger charge is -2.26. The molecule has 19 heavy (non-hydrogen) atoms. The van der Waals surface area contributed by atoms with E-state index >= 15 is 0 Å². The number of piperidine rings is 1. The predicted molar refractivity (Wildman–Crippen MR) is 69.9 cm³/mol. The average molecular weight is 267 g/mol. The summed E-state index contributed by atoms with van der Waals surface area (Å²) in [5, 5.41) is 11.9. The lowest BCUT2D eigenvalue weighted by molar-refractivity contribution is 0.0697. The van der Waals surface area contributed by atoms with Gasteiger partial charge in [0.15, 0.2) is 0 Å². The molecular weight excluding hydrogens is 249 g/mol. The van der Waals surface area contributed by atoms with E-state index in [1.165, 1.54) is 19.3 Å². The van der Waals surface area contributed by atoms with Crippen molar-refractivity contribution in [2.24, 2.45) is 0 Å². The summed E-state index contributed by atoms with van der Waals surface area (Å²) in [5.41, 5.74) is -0.126. The van der Waals surface area contributed by atoms with Crippen LogP contribution >= 0.6 is 0 Å². The third kappa shape index (κ3) is 3.89. The van der Waals surface area contributed by atoms with Crippen LogP contribution in [0.15, 0.2) is 12.3 Å². The second-order valence-electron chi connectivity index (χ2n) is 4.68. The Morgan fingerprint density at radius 2 is 2.16 bits per heavy atom. The first-order valence-electron chi connectivity index (χ1n) is 6.52. The van der Waals surface area contributed by atoms with Crippen molar-refractivity contribution in [3.05, 3.63) is 23.6 Å². The number of halogens is 1. The Hall–Kier alpha value is -1.69. The van der Waals surface area contributed by atoms with Gasteiger partial charge in [-0.25, -0.2) is 14.2 Å². The number of anilines is 1. The Morgan fingerprint density at radius 3 is 2.84 bits per heavy atom. The van der Waals surface area contributed by atoms with Crippen LogP contribution in [0.3, 0.4) is 0 Å². The molecule has 0 radical (unpaired) electrons. The molecule has 6 heteroatoms. The molecule has 2 rings (SSSR count). The van der Waals surface area contributed by atoms with E-state index in [0.29, 0.717) is 6.54 Å². The van der Waals surface area contributed by atoms with E-state index in [9.17, 15) is 9.18 Å². The van der Waals surface area contributed by atoms with Gasteiger partial charge in [0.2, 0.25) is 0 Å². The van der Waals surface area contributed by atoms with Gasteiger partial charge in [-0.2, -0.15) is 0 Å². The molecule has 0 saturated carbocycles. The Kier molecular flexibility index (Phi) is 4.68. The zero-order valence-electron chi connectivity index (χ0n) is 10.7. The van der Waals surface area contributed by atoms with Crippen molar-refractivity contribution in [2.45, 2.75) is 19.3 Å². The van der Waals surface area contributed by atoms with Gasteiger partial charge in [0.1, 0.15) is 17.2 Å². The van der Waals surface area contributed by atoms with Gasteiger partial charge in [-0.15, -0.1) is 0 Å². The molecule has 5 nitrogen and oxygen atoms in total. The molecule has 0 unspecified atom stereocenters. The largest absolute Gasteiger partial charge is 0.478 e. The first-order valence-corrected chi connectivity index (χ1v) is 6.52. The summed E-state index contributed by atoms with van der Waals surface area (Å²) in [6.45, 7) is 3.63. The van der Waals surface area contributed by atoms with Crippen molar-refractivity contribution in [2.75, 3.05) is 31.5 Å². The SMILES string of the molecule is O=C(O)c1cc(F)cnc1NCCN1CCCCC1. The number of carboxylic acids is 1. The molecule has 1 aromatic heterocycles. The molecular formula is C13H18FN3O2. The van der Waals surface area contributed by atoms with Crippen molar-refractivity contribution in [3.8, 4) is 0 Å². The van der Waals surface area contributed by atoms with Crippen molar-refractivity contribution < 1.29 is 14.3 Å². The molecule has 0 amide bonds. The molecule has 1 aliphatic heterocycles. The topological polar surface area (TPSA) is 65.5 Å². The molecule has 0 spiro atoms. The summed E-state index contributed by atoms with van der Waals surface area (Å²) in [4.78, 5) is 17.1. The molecule has 0 aliphatic carbocycles. The minimum Gasteiger partial charge on any atom is -0.478 e. The number of aromatic carboxylic acids is 1. The van der Waals surface area contributed by atoms with Gasteiger partial charge in [-0.1, -0.05) is 6.42 Å². The summed E-state index contributed by atoms with van der Waals surface area (Å²) in [6.07, 6.45) is 4.74. The van der Waals surface area contributed by atoms with E-state index in [0.717, 1.165) is 31.9 Å². The Balaban J connectivity index is 1.89.